The van der Waals surface area contributed by atoms with E-state index in [2.05, 4.69) is 6.07 Å². The molecule has 23 heavy (non-hydrogen) atoms. The normalized spacial score (nSPS) is 30.3. The molecule has 2 saturated heterocycles. The molecule has 0 N–H and O–H groups in total. The standard InChI is InChI=1S/C16H24N2O5/c1-15(2,3)23-14(20)18-11-7-16(5-6-17,13(19)21-4)8-12(18)10-22-9-11/h11-12H,5,7-10H2,1-4H3/t11-,12+,16?. The maximum absolute atomic E-state index is 12.5. The Balaban J connectivity index is 2.24. The average molecular weight is 324 g/mol. The minimum atomic E-state index is -0.874. The Morgan fingerprint density at radius 3 is 2.30 bits per heavy atom. The van der Waals surface area contributed by atoms with Crippen LogP contribution in [0.5, 0.6) is 0 Å². The van der Waals surface area contributed by atoms with E-state index in [9.17, 15) is 9.59 Å². The maximum Gasteiger partial charge on any atom is 0.410 e. The third-order valence-corrected chi connectivity index (χ3v) is 4.30. The first kappa shape index (κ1) is 17.5. The first-order valence-electron chi connectivity index (χ1n) is 7.77. The van der Waals surface area contributed by atoms with E-state index in [4.69, 9.17) is 19.5 Å². The molecule has 0 spiro atoms. The smallest absolute Gasteiger partial charge is 0.410 e. The minimum absolute atomic E-state index is 0.0782. The zero-order valence-corrected chi connectivity index (χ0v) is 14.1. The number of hydrogen-bond acceptors (Lipinski definition) is 6. The molecule has 2 fully saturated rings. The SMILES string of the molecule is COC(=O)C1(CC#N)C[C@H]2COC[C@@H](C1)N2C(=O)OC(C)(C)C. The van der Waals surface area contributed by atoms with E-state index in [0.29, 0.717) is 26.1 Å². The van der Waals surface area contributed by atoms with Crippen LogP contribution < -0.4 is 0 Å². The van der Waals surface area contributed by atoms with Gasteiger partial charge in [-0.25, -0.2) is 4.79 Å². The number of ether oxygens (including phenoxy) is 3. The monoisotopic (exact) mass is 324 g/mol. The van der Waals surface area contributed by atoms with Crippen molar-refractivity contribution in [3.63, 3.8) is 0 Å². The summed E-state index contributed by atoms with van der Waals surface area (Å²) in [4.78, 5) is 26.4. The fraction of sp³-hybridized carbons (Fsp3) is 0.812. The lowest BCUT2D eigenvalue weighted by Crippen LogP contribution is -2.63. The van der Waals surface area contributed by atoms with Gasteiger partial charge in [-0.1, -0.05) is 0 Å². The molecular formula is C16H24N2O5. The molecule has 1 unspecified atom stereocenters. The molecule has 7 nitrogen and oxygen atoms in total. The predicted molar refractivity (Wildman–Crippen MR) is 80.4 cm³/mol. The van der Waals surface area contributed by atoms with E-state index in [1.807, 2.05) is 20.8 Å². The molecule has 2 heterocycles. The quantitative estimate of drug-likeness (QED) is 0.720. The number of nitrogens with zero attached hydrogens (tertiary/aromatic N) is 2. The van der Waals surface area contributed by atoms with Crippen molar-refractivity contribution in [2.75, 3.05) is 20.3 Å². The van der Waals surface area contributed by atoms with Crippen molar-refractivity contribution >= 4 is 12.1 Å². The summed E-state index contributed by atoms with van der Waals surface area (Å²) in [6.45, 7) is 6.11. The van der Waals surface area contributed by atoms with Crippen molar-refractivity contribution in [2.24, 2.45) is 5.41 Å². The topological polar surface area (TPSA) is 88.9 Å². The van der Waals surface area contributed by atoms with Crippen LogP contribution in [-0.4, -0.2) is 55.0 Å². The van der Waals surface area contributed by atoms with Gasteiger partial charge in [-0.2, -0.15) is 5.26 Å². The van der Waals surface area contributed by atoms with Crippen LogP contribution in [0.4, 0.5) is 4.79 Å². The summed E-state index contributed by atoms with van der Waals surface area (Å²) in [5, 5.41) is 9.13. The molecule has 0 aliphatic carbocycles. The van der Waals surface area contributed by atoms with Crippen molar-refractivity contribution in [2.45, 2.75) is 57.7 Å². The van der Waals surface area contributed by atoms with Crippen molar-refractivity contribution in [3.05, 3.63) is 0 Å². The number of esters is 1. The Kier molecular flexibility index (Phi) is 4.85. The van der Waals surface area contributed by atoms with Gasteiger partial charge in [0.1, 0.15) is 5.60 Å². The van der Waals surface area contributed by atoms with E-state index < -0.39 is 17.1 Å². The molecule has 3 atom stereocenters. The summed E-state index contributed by atoms with van der Waals surface area (Å²) in [5.41, 5.74) is -1.46. The highest BCUT2D eigenvalue weighted by atomic mass is 16.6. The minimum Gasteiger partial charge on any atom is -0.469 e. The Morgan fingerprint density at radius 1 is 1.30 bits per heavy atom. The van der Waals surface area contributed by atoms with Crippen LogP contribution in [0.2, 0.25) is 0 Å². The molecule has 7 heteroatoms. The molecule has 0 aromatic carbocycles. The number of nitriles is 1. The van der Waals surface area contributed by atoms with Gasteiger partial charge < -0.3 is 14.2 Å². The molecule has 0 aromatic rings. The maximum atomic E-state index is 12.5. The highest BCUT2D eigenvalue weighted by Gasteiger charge is 2.53. The van der Waals surface area contributed by atoms with Crippen LogP contribution in [-0.2, 0) is 19.0 Å². The molecule has 2 rings (SSSR count). The number of fused-ring (bicyclic) bond motifs is 2. The molecule has 2 aliphatic rings. The molecule has 2 aliphatic heterocycles. The van der Waals surface area contributed by atoms with Crippen LogP contribution in [0.1, 0.15) is 40.0 Å². The van der Waals surface area contributed by atoms with E-state index in [1.54, 1.807) is 4.90 Å². The lowest BCUT2D eigenvalue weighted by atomic mass is 9.70. The van der Waals surface area contributed by atoms with Gasteiger partial charge >= 0.3 is 12.1 Å². The number of methoxy groups -OCH3 is 1. The van der Waals surface area contributed by atoms with Gasteiger partial charge in [0.05, 0.1) is 50.3 Å². The van der Waals surface area contributed by atoms with Crippen molar-refractivity contribution in [3.8, 4) is 6.07 Å². The van der Waals surface area contributed by atoms with Gasteiger partial charge in [0.25, 0.3) is 0 Å². The van der Waals surface area contributed by atoms with Gasteiger partial charge in [-0.15, -0.1) is 0 Å². The third-order valence-electron chi connectivity index (χ3n) is 4.30. The average Bonchev–Trinajstić information content (AvgIpc) is 2.43. The molecule has 0 radical (unpaired) electrons. The van der Waals surface area contributed by atoms with E-state index in [1.165, 1.54) is 7.11 Å². The second kappa shape index (κ2) is 6.36. The second-order valence-electron chi connectivity index (χ2n) is 7.25. The number of hydrogen-bond donors (Lipinski definition) is 0. The van der Waals surface area contributed by atoms with Gasteiger partial charge in [-0.05, 0) is 33.6 Å². The molecule has 0 saturated carbocycles. The zero-order chi connectivity index (χ0) is 17.3. The number of carbonyl (C=O) groups is 2. The van der Waals surface area contributed by atoms with Gasteiger partial charge in [0.2, 0.25) is 0 Å². The molecule has 128 valence electrons. The summed E-state index contributed by atoms with van der Waals surface area (Å²) in [6.07, 6.45) is 0.382. The first-order chi connectivity index (χ1) is 10.7. The Morgan fingerprint density at radius 2 is 1.87 bits per heavy atom. The Bertz CT molecular complexity index is 506. The molecule has 1 amide bonds. The summed E-state index contributed by atoms with van der Waals surface area (Å²) < 4.78 is 15.9. The van der Waals surface area contributed by atoms with E-state index in [-0.39, 0.29) is 24.5 Å². The van der Waals surface area contributed by atoms with Crippen LogP contribution in [0, 0.1) is 16.7 Å². The summed E-state index contributed by atoms with van der Waals surface area (Å²) in [7, 11) is 1.33. The van der Waals surface area contributed by atoms with Crippen LogP contribution in [0.25, 0.3) is 0 Å². The van der Waals surface area contributed by atoms with Crippen LogP contribution in [0.3, 0.4) is 0 Å². The van der Waals surface area contributed by atoms with Gasteiger partial charge in [0.15, 0.2) is 0 Å². The third kappa shape index (κ3) is 3.58. The summed E-state index contributed by atoms with van der Waals surface area (Å²) >= 11 is 0. The predicted octanol–water partition coefficient (Wildman–Crippen LogP) is 1.86. The Labute approximate surface area is 136 Å². The van der Waals surface area contributed by atoms with E-state index in [0.717, 1.165) is 0 Å². The van der Waals surface area contributed by atoms with Crippen LogP contribution >= 0.6 is 0 Å². The lowest BCUT2D eigenvalue weighted by molar-refractivity contribution is -0.166. The number of carbonyl (C=O) groups excluding carboxylic acids is 2. The number of rotatable bonds is 2. The van der Waals surface area contributed by atoms with Crippen molar-refractivity contribution < 1.29 is 23.8 Å². The van der Waals surface area contributed by atoms with Gasteiger partial charge in [0, 0.05) is 0 Å². The molecule has 2 bridgehead atoms. The fourth-order valence-electron chi connectivity index (χ4n) is 3.46. The number of morpholine rings is 1. The van der Waals surface area contributed by atoms with E-state index >= 15 is 0 Å². The second-order valence-corrected chi connectivity index (χ2v) is 7.25. The number of piperidine rings is 1. The lowest BCUT2D eigenvalue weighted by Gasteiger charge is -2.51. The van der Waals surface area contributed by atoms with Gasteiger partial charge in [-0.3, -0.25) is 9.69 Å². The van der Waals surface area contributed by atoms with Crippen molar-refractivity contribution in [1.29, 1.82) is 5.26 Å². The van der Waals surface area contributed by atoms with Crippen molar-refractivity contribution in [1.82, 2.24) is 4.90 Å². The summed E-state index contributed by atoms with van der Waals surface area (Å²) in [5.74, 6) is -0.389. The number of amides is 1. The first-order valence-corrected chi connectivity index (χ1v) is 7.77. The zero-order valence-electron chi connectivity index (χ0n) is 14.1. The highest BCUT2D eigenvalue weighted by Crippen LogP contribution is 2.44. The Hall–Kier alpha value is -1.81. The summed E-state index contributed by atoms with van der Waals surface area (Å²) in [6, 6.07) is 1.51. The highest BCUT2D eigenvalue weighted by molar-refractivity contribution is 5.78. The fourth-order valence-corrected chi connectivity index (χ4v) is 3.46. The molecular weight excluding hydrogens is 300 g/mol. The largest absolute Gasteiger partial charge is 0.469 e. The van der Waals surface area contributed by atoms with Crippen LogP contribution in [0.15, 0.2) is 0 Å². The molecule has 0 aromatic heterocycles.